The zero-order chi connectivity index (χ0) is 15.1. The molecule has 1 aromatic heterocycles. The van der Waals surface area contributed by atoms with Crippen LogP contribution in [-0.2, 0) is 0 Å². The molecule has 106 valence electrons. The Hall–Kier alpha value is -2.29. The highest BCUT2D eigenvalue weighted by atomic mass is 32.2. The summed E-state index contributed by atoms with van der Waals surface area (Å²) >= 11 is 1.65. The highest BCUT2D eigenvalue weighted by Gasteiger charge is 2.10. The van der Waals surface area contributed by atoms with Crippen LogP contribution in [0.3, 0.4) is 0 Å². The number of pyridine rings is 1. The smallest absolute Gasteiger partial charge is 0.257 e. The molecular weight excluding hydrogens is 282 g/mol. The largest absolute Gasteiger partial charge is 0.322 e. The first kappa shape index (κ1) is 15.1. The van der Waals surface area contributed by atoms with E-state index in [0.29, 0.717) is 11.1 Å². The lowest BCUT2D eigenvalue weighted by Crippen LogP contribution is -2.13. The van der Waals surface area contributed by atoms with Crippen molar-refractivity contribution in [1.29, 1.82) is 0 Å². The zero-order valence-corrected chi connectivity index (χ0v) is 12.4. The minimum atomic E-state index is -0.212. The monoisotopic (exact) mass is 297 g/mol. The molecule has 0 unspecified atom stereocenters. The van der Waals surface area contributed by atoms with Crippen LogP contribution in [0.5, 0.6) is 0 Å². The van der Waals surface area contributed by atoms with Crippen LogP contribution in [0, 0.1) is 11.8 Å². The molecule has 2 rings (SSSR count). The van der Waals surface area contributed by atoms with Gasteiger partial charge in [-0.3, -0.25) is 9.78 Å². The van der Waals surface area contributed by atoms with E-state index in [1.807, 2.05) is 30.5 Å². The molecule has 21 heavy (non-hydrogen) atoms. The number of anilines is 1. The van der Waals surface area contributed by atoms with Crippen molar-refractivity contribution < 1.29 is 4.79 Å². The number of carbonyl (C=O) groups excluding carboxylic acids is 1. The molecule has 0 spiro atoms. The Balaban J connectivity index is 2.19. The molecule has 1 aromatic carbocycles. The van der Waals surface area contributed by atoms with Gasteiger partial charge in [0.05, 0.1) is 17.7 Å². The molecule has 0 atom stereocenters. The van der Waals surface area contributed by atoms with Crippen molar-refractivity contribution in [2.45, 2.75) is 4.90 Å². The van der Waals surface area contributed by atoms with Gasteiger partial charge in [-0.25, -0.2) is 0 Å². The number of hydrogen-bond donors (Lipinski definition) is 2. The number of hydrogen-bond acceptors (Lipinski definition) is 4. The summed E-state index contributed by atoms with van der Waals surface area (Å²) < 4.78 is 0. The molecule has 0 aliphatic rings. The standard InChI is InChI=1S/C16H15N3OS/c1-21-14-6-4-13(5-7-14)19-16(20)15-8-10-18-11-12(15)3-2-9-17/h4-8,10-11H,9,17H2,1H3,(H,19,20). The Labute approximate surface area is 128 Å². The minimum absolute atomic E-state index is 0.212. The summed E-state index contributed by atoms with van der Waals surface area (Å²) in [5.74, 6) is 5.38. The Morgan fingerprint density at radius 3 is 2.76 bits per heavy atom. The number of aromatic nitrogens is 1. The lowest BCUT2D eigenvalue weighted by atomic mass is 10.1. The van der Waals surface area contributed by atoms with Gasteiger partial charge in [-0.05, 0) is 36.6 Å². The first-order valence-corrected chi connectivity index (χ1v) is 7.55. The van der Waals surface area contributed by atoms with E-state index >= 15 is 0 Å². The fourth-order valence-electron chi connectivity index (χ4n) is 1.71. The van der Waals surface area contributed by atoms with Crippen LogP contribution >= 0.6 is 11.8 Å². The molecule has 0 aliphatic heterocycles. The summed E-state index contributed by atoms with van der Waals surface area (Å²) in [5.41, 5.74) is 7.16. The maximum absolute atomic E-state index is 12.3. The molecule has 5 heteroatoms. The Kier molecular flexibility index (Phi) is 5.38. The number of nitrogens with two attached hydrogens (primary N) is 1. The van der Waals surface area contributed by atoms with Crippen LogP contribution in [0.25, 0.3) is 0 Å². The Bertz CT molecular complexity index is 687. The lowest BCUT2D eigenvalue weighted by Gasteiger charge is -2.07. The van der Waals surface area contributed by atoms with Crippen LogP contribution in [0.1, 0.15) is 15.9 Å². The zero-order valence-electron chi connectivity index (χ0n) is 11.6. The SMILES string of the molecule is CSc1ccc(NC(=O)c2ccncc2C#CCN)cc1. The highest BCUT2D eigenvalue weighted by molar-refractivity contribution is 7.98. The van der Waals surface area contributed by atoms with Crippen LogP contribution in [0.15, 0.2) is 47.6 Å². The quantitative estimate of drug-likeness (QED) is 0.674. The Morgan fingerprint density at radius 1 is 1.33 bits per heavy atom. The predicted octanol–water partition coefficient (Wildman–Crippen LogP) is 2.37. The van der Waals surface area contributed by atoms with Crippen molar-refractivity contribution in [3.05, 3.63) is 53.9 Å². The Morgan fingerprint density at radius 2 is 2.10 bits per heavy atom. The normalized spacial score (nSPS) is 9.62. The lowest BCUT2D eigenvalue weighted by molar-refractivity contribution is 0.102. The maximum atomic E-state index is 12.3. The van der Waals surface area contributed by atoms with Gasteiger partial charge < -0.3 is 11.1 Å². The summed E-state index contributed by atoms with van der Waals surface area (Å²) in [6, 6.07) is 9.31. The molecule has 0 radical (unpaired) electrons. The van der Waals surface area contributed by atoms with Crippen molar-refractivity contribution in [1.82, 2.24) is 4.98 Å². The molecule has 3 N–H and O–H groups in total. The van der Waals surface area contributed by atoms with Gasteiger partial charge in [0.15, 0.2) is 0 Å². The summed E-state index contributed by atoms with van der Waals surface area (Å²) in [4.78, 5) is 17.4. The van der Waals surface area contributed by atoms with Crippen LogP contribution in [-0.4, -0.2) is 23.7 Å². The summed E-state index contributed by atoms with van der Waals surface area (Å²) in [7, 11) is 0. The summed E-state index contributed by atoms with van der Waals surface area (Å²) in [6.07, 6.45) is 5.14. The molecule has 4 nitrogen and oxygen atoms in total. The summed E-state index contributed by atoms with van der Waals surface area (Å²) in [5, 5.41) is 2.85. The second-order valence-electron chi connectivity index (χ2n) is 4.11. The number of rotatable bonds is 3. The second-order valence-corrected chi connectivity index (χ2v) is 4.99. The molecule has 0 bridgehead atoms. The molecule has 0 saturated carbocycles. The van der Waals surface area contributed by atoms with Gasteiger partial charge in [-0.2, -0.15) is 0 Å². The van der Waals surface area contributed by atoms with E-state index in [-0.39, 0.29) is 12.5 Å². The van der Waals surface area contributed by atoms with Gasteiger partial charge >= 0.3 is 0 Å². The number of benzene rings is 1. The second kappa shape index (κ2) is 7.48. The van der Waals surface area contributed by atoms with E-state index in [9.17, 15) is 4.79 Å². The van der Waals surface area contributed by atoms with Crippen LogP contribution in [0.4, 0.5) is 5.69 Å². The number of amides is 1. The molecule has 0 aliphatic carbocycles. The third kappa shape index (κ3) is 4.09. The van der Waals surface area contributed by atoms with Gasteiger partial charge in [0, 0.05) is 23.0 Å². The van der Waals surface area contributed by atoms with Crippen LogP contribution < -0.4 is 11.1 Å². The van der Waals surface area contributed by atoms with Crippen molar-refractivity contribution in [2.24, 2.45) is 5.73 Å². The molecule has 1 heterocycles. The molecular formula is C16H15N3OS. The fourth-order valence-corrected chi connectivity index (χ4v) is 2.12. The average Bonchev–Trinajstić information content (AvgIpc) is 2.54. The predicted molar refractivity (Wildman–Crippen MR) is 86.3 cm³/mol. The minimum Gasteiger partial charge on any atom is -0.322 e. The van der Waals surface area contributed by atoms with Crippen molar-refractivity contribution in [3.8, 4) is 11.8 Å². The van der Waals surface area contributed by atoms with Crippen LogP contribution in [0.2, 0.25) is 0 Å². The highest BCUT2D eigenvalue weighted by Crippen LogP contribution is 2.18. The van der Waals surface area contributed by atoms with Gasteiger partial charge in [0.25, 0.3) is 5.91 Å². The van der Waals surface area contributed by atoms with Crippen molar-refractivity contribution in [2.75, 3.05) is 18.1 Å². The number of nitrogens with one attached hydrogen (secondary N) is 1. The molecule has 1 amide bonds. The number of carbonyl (C=O) groups is 1. The van der Waals surface area contributed by atoms with Gasteiger partial charge in [0.1, 0.15) is 0 Å². The van der Waals surface area contributed by atoms with Gasteiger partial charge in [-0.15, -0.1) is 11.8 Å². The molecule has 0 saturated heterocycles. The molecule has 2 aromatic rings. The van der Waals surface area contributed by atoms with E-state index in [4.69, 9.17) is 5.73 Å². The van der Waals surface area contributed by atoms with E-state index in [1.165, 1.54) is 0 Å². The third-order valence-corrected chi connectivity index (χ3v) is 3.48. The third-order valence-electron chi connectivity index (χ3n) is 2.74. The number of thioether (sulfide) groups is 1. The van der Waals surface area contributed by atoms with E-state index in [1.54, 1.807) is 30.2 Å². The maximum Gasteiger partial charge on any atom is 0.257 e. The van der Waals surface area contributed by atoms with Gasteiger partial charge in [0.2, 0.25) is 0 Å². The van der Waals surface area contributed by atoms with E-state index < -0.39 is 0 Å². The van der Waals surface area contributed by atoms with E-state index in [2.05, 4.69) is 22.1 Å². The average molecular weight is 297 g/mol. The summed E-state index contributed by atoms with van der Waals surface area (Å²) in [6.45, 7) is 0.242. The van der Waals surface area contributed by atoms with Gasteiger partial charge in [-0.1, -0.05) is 11.8 Å². The fraction of sp³-hybridized carbons (Fsp3) is 0.125. The molecule has 0 fully saturated rings. The number of nitrogens with zero attached hydrogens (tertiary/aromatic N) is 1. The van der Waals surface area contributed by atoms with Crippen molar-refractivity contribution in [3.63, 3.8) is 0 Å². The van der Waals surface area contributed by atoms with Crippen molar-refractivity contribution >= 4 is 23.4 Å². The first-order valence-electron chi connectivity index (χ1n) is 6.33. The topological polar surface area (TPSA) is 68.0 Å². The van der Waals surface area contributed by atoms with E-state index in [0.717, 1.165) is 10.6 Å². The first-order chi connectivity index (χ1) is 10.2.